The molecule has 0 N–H and O–H groups in total. The van der Waals surface area contributed by atoms with Crippen molar-refractivity contribution in [3.63, 3.8) is 0 Å². The van der Waals surface area contributed by atoms with Crippen molar-refractivity contribution in [3.05, 3.63) is 28.8 Å². The highest BCUT2D eigenvalue weighted by atomic mass is 35.5. The minimum atomic E-state index is -0.0553. The van der Waals surface area contributed by atoms with Gasteiger partial charge in [0, 0.05) is 25.7 Å². The van der Waals surface area contributed by atoms with Gasteiger partial charge < -0.3 is 9.64 Å². The molecule has 21 heavy (non-hydrogen) atoms. The summed E-state index contributed by atoms with van der Waals surface area (Å²) in [4.78, 5) is 16.7. The number of amides is 1. The molecule has 1 amide bonds. The molecule has 0 spiro atoms. The van der Waals surface area contributed by atoms with Crippen LogP contribution in [-0.2, 0) is 11.3 Å². The number of carbonyl (C=O) groups excluding carboxylic acids is 1. The molecule has 2 fully saturated rings. The number of benzene rings is 1. The molecule has 1 aromatic carbocycles. The van der Waals surface area contributed by atoms with Crippen molar-refractivity contribution in [1.82, 2.24) is 9.80 Å². The van der Waals surface area contributed by atoms with Crippen LogP contribution >= 0.6 is 11.6 Å². The van der Waals surface area contributed by atoms with E-state index < -0.39 is 0 Å². The zero-order valence-corrected chi connectivity index (χ0v) is 13.3. The minimum absolute atomic E-state index is 0.0553. The second-order valence-electron chi connectivity index (χ2n) is 5.90. The van der Waals surface area contributed by atoms with E-state index >= 15 is 0 Å². The Morgan fingerprint density at radius 1 is 1.43 bits per heavy atom. The monoisotopic (exact) mass is 308 g/mol. The van der Waals surface area contributed by atoms with E-state index in [2.05, 4.69) is 9.80 Å². The van der Waals surface area contributed by atoms with Crippen LogP contribution in [0, 0.1) is 0 Å². The van der Waals surface area contributed by atoms with Crippen LogP contribution in [0.15, 0.2) is 18.2 Å². The number of piperazine rings is 1. The van der Waals surface area contributed by atoms with Crippen molar-refractivity contribution in [3.8, 4) is 5.75 Å². The molecule has 2 aliphatic heterocycles. The highest BCUT2D eigenvalue weighted by molar-refractivity contribution is 6.32. The summed E-state index contributed by atoms with van der Waals surface area (Å²) in [6, 6.07) is 6.17. The maximum atomic E-state index is 12.4. The molecular formula is C16H21ClN2O2. The minimum Gasteiger partial charge on any atom is -0.495 e. The Kier molecular flexibility index (Phi) is 4.09. The third kappa shape index (κ3) is 2.74. The number of hydrogen-bond acceptors (Lipinski definition) is 3. The number of carbonyl (C=O) groups is 1. The quantitative estimate of drug-likeness (QED) is 0.860. The molecule has 0 saturated carbocycles. The summed E-state index contributed by atoms with van der Waals surface area (Å²) in [5.74, 6) is 0.952. The fourth-order valence-electron chi connectivity index (χ4n) is 3.38. The van der Waals surface area contributed by atoms with Gasteiger partial charge in [0.15, 0.2) is 0 Å². The average molecular weight is 309 g/mol. The van der Waals surface area contributed by atoms with Crippen LogP contribution in [0.4, 0.5) is 0 Å². The van der Waals surface area contributed by atoms with Gasteiger partial charge in [0.25, 0.3) is 0 Å². The number of ether oxygens (including phenoxy) is 1. The van der Waals surface area contributed by atoms with Crippen molar-refractivity contribution in [1.29, 1.82) is 0 Å². The van der Waals surface area contributed by atoms with Gasteiger partial charge in [-0.1, -0.05) is 17.7 Å². The van der Waals surface area contributed by atoms with E-state index in [0.717, 1.165) is 38.0 Å². The van der Waals surface area contributed by atoms with Crippen LogP contribution in [0.5, 0.6) is 5.75 Å². The first kappa shape index (κ1) is 14.7. The predicted molar refractivity (Wildman–Crippen MR) is 82.6 cm³/mol. The van der Waals surface area contributed by atoms with Gasteiger partial charge in [-0.2, -0.15) is 0 Å². The van der Waals surface area contributed by atoms with Crippen molar-refractivity contribution in [2.24, 2.45) is 0 Å². The van der Waals surface area contributed by atoms with Gasteiger partial charge in [0.1, 0.15) is 5.75 Å². The lowest BCUT2D eigenvalue weighted by Gasteiger charge is -2.41. The molecule has 3 rings (SSSR count). The molecule has 2 aliphatic rings. The normalized spacial score (nSPS) is 26.0. The van der Waals surface area contributed by atoms with E-state index in [-0.39, 0.29) is 11.9 Å². The maximum Gasteiger partial charge on any atom is 0.239 e. The molecule has 0 bridgehead atoms. The van der Waals surface area contributed by atoms with Crippen LogP contribution < -0.4 is 4.74 Å². The third-order valence-corrected chi connectivity index (χ3v) is 4.91. The largest absolute Gasteiger partial charge is 0.495 e. The molecule has 2 heterocycles. The summed E-state index contributed by atoms with van der Waals surface area (Å²) in [6.07, 6.45) is 2.25. The van der Waals surface area contributed by atoms with E-state index in [1.54, 1.807) is 7.11 Å². The first-order valence-corrected chi connectivity index (χ1v) is 7.85. The molecule has 0 aliphatic carbocycles. The second kappa shape index (κ2) is 5.85. The van der Waals surface area contributed by atoms with Crippen LogP contribution in [0.2, 0.25) is 5.02 Å². The van der Waals surface area contributed by atoms with E-state index in [9.17, 15) is 4.79 Å². The van der Waals surface area contributed by atoms with Crippen LogP contribution in [0.25, 0.3) is 0 Å². The van der Waals surface area contributed by atoms with Crippen LogP contribution in [0.1, 0.15) is 25.3 Å². The zero-order valence-electron chi connectivity index (χ0n) is 12.5. The first-order chi connectivity index (χ1) is 10.1. The summed E-state index contributed by atoms with van der Waals surface area (Å²) in [6.45, 7) is 4.63. The lowest BCUT2D eigenvalue weighted by molar-refractivity contribution is -0.143. The van der Waals surface area contributed by atoms with Gasteiger partial charge >= 0.3 is 0 Å². The summed E-state index contributed by atoms with van der Waals surface area (Å²) < 4.78 is 5.18. The Bertz CT molecular complexity index is 549. The highest BCUT2D eigenvalue weighted by Crippen LogP contribution is 2.29. The number of fused-ring (bicyclic) bond motifs is 1. The zero-order chi connectivity index (χ0) is 15.0. The Labute approximate surface area is 130 Å². The van der Waals surface area contributed by atoms with Gasteiger partial charge in [-0.15, -0.1) is 0 Å². The molecule has 0 radical (unpaired) electrons. The maximum absolute atomic E-state index is 12.4. The summed E-state index contributed by atoms with van der Waals surface area (Å²) in [7, 11) is 1.61. The SMILES string of the molecule is COc1ccc(CN2C[C@H]3CCCN3C(=O)[C@@H]2C)cc1Cl. The van der Waals surface area contributed by atoms with Gasteiger partial charge in [-0.25, -0.2) is 0 Å². The smallest absolute Gasteiger partial charge is 0.239 e. The third-order valence-electron chi connectivity index (χ3n) is 4.61. The average Bonchev–Trinajstić information content (AvgIpc) is 2.93. The van der Waals surface area contributed by atoms with Crippen molar-refractivity contribution in [2.45, 2.75) is 38.4 Å². The molecule has 2 saturated heterocycles. The molecule has 0 unspecified atom stereocenters. The Hall–Kier alpha value is -1.26. The standard InChI is InChI=1S/C16H21ClN2O2/c1-11-16(20)19-7-3-4-13(19)10-18(11)9-12-5-6-15(21-2)14(17)8-12/h5-6,8,11,13H,3-4,7,9-10H2,1-2H3/t11-,13+/m0/s1. The Morgan fingerprint density at radius 3 is 2.95 bits per heavy atom. The summed E-state index contributed by atoms with van der Waals surface area (Å²) in [5, 5.41) is 0.619. The van der Waals surface area contributed by atoms with E-state index in [1.807, 2.05) is 25.1 Å². The molecule has 1 aromatic rings. The van der Waals surface area contributed by atoms with E-state index in [1.165, 1.54) is 0 Å². The van der Waals surface area contributed by atoms with Gasteiger partial charge in [-0.05, 0) is 37.5 Å². The number of hydrogen-bond donors (Lipinski definition) is 0. The highest BCUT2D eigenvalue weighted by Gasteiger charge is 2.39. The molecule has 2 atom stereocenters. The Morgan fingerprint density at radius 2 is 2.24 bits per heavy atom. The van der Waals surface area contributed by atoms with Gasteiger partial charge in [0.05, 0.1) is 18.2 Å². The van der Waals surface area contributed by atoms with Crippen molar-refractivity contribution in [2.75, 3.05) is 20.2 Å². The number of halogens is 1. The molecule has 4 nitrogen and oxygen atoms in total. The molecular weight excluding hydrogens is 288 g/mol. The van der Waals surface area contributed by atoms with Crippen molar-refractivity contribution < 1.29 is 9.53 Å². The lowest BCUT2D eigenvalue weighted by atomic mass is 10.1. The van der Waals surface area contributed by atoms with E-state index in [4.69, 9.17) is 16.3 Å². The number of nitrogens with zero attached hydrogens (tertiary/aromatic N) is 2. The summed E-state index contributed by atoms with van der Waals surface area (Å²) in [5.41, 5.74) is 1.12. The fourth-order valence-corrected chi connectivity index (χ4v) is 3.67. The molecule has 114 valence electrons. The topological polar surface area (TPSA) is 32.8 Å². The number of methoxy groups -OCH3 is 1. The molecule has 5 heteroatoms. The first-order valence-electron chi connectivity index (χ1n) is 7.47. The number of rotatable bonds is 3. The van der Waals surface area contributed by atoms with Gasteiger partial charge in [0.2, 0.25) is 5.91 Å². The van der Waals surface area contributed by atoms with Crippen LogP contribution in [-0.4, -0.2) is 48.0 Å². The summed E-state index contributed by atoms with van der Waals surface area (Å²) >= 11 is 6.18. The van der Waals surface area contributed by atoms with Crippen molar-refractivity contribution >= 4 is 17.5 Å². The predicted octanol–water partition coefficient (Wildman–Crippen LogP) is 2.54. The van der Waals surface area contributed by atoms with E-state index in [0.29, 0.717) is 16.8 Å². The molecule has 0 aromatic heterocycles. The lowest BCUT2D eigenvalue weighted by Crippen LogP contribution is -2.58. The van der Waals surface area contributed by atoms with Gasteiger partial charge in [-0.3, -0.25) is 9.69 Å². The Balaban J connectivity index is 1.75. The van der Waals surface area contributed by atoms with Crippen LogP contribution in [0.3, 0.4) is 0 Å². The fraction of sp³-hybridized carbons (Fsp3) is 0.562. The second-order valence-corrected chi connectivity index (χ2v) is 6.31.